The van der Waals surface area contributed by atoms with E-state index in [0.29, 0.717) is 13.1 Å². The van der Waals surface area contributed by atoms with Gasteiger partial charge in [-0.3, -0.25) is 9.59 Å². The first kappa shape index (κ1) is 17.3. The Kier molecular flexibility index (Phi) is 5.07. The minimum Gasteiger partial charge on any atom is -0.464 e. The average Bonchev–Trinajstić information content (AvgIpc) is 2.66. The fourth-order valence-electron chi connectivity index (χ4n) is 2.51. The van der Waals surface area contributed by atoms with Crippen molar-refractivity contribution >= 4 is 5.97 Å². The third-order valence-corrected chi connectivity index (χ3v) is 3.90. The van der Waals surface area contributed by atoms with Crippen LogP contribution in [-0.4, -0.2) is 27.2 Å². The molecule has 0 unspecified atom stereocenters. The number of rotatable bonds is 5. The number of hydrogen-bond donors (Lipinski definition) is 0. The van der Waals surface area contributed by atoms with E-state index >= 15 is 0 Å². The van der Waals surface area contributed by atoms with Gasteiger partial charge < -0.3 is 13.9 Å². The quantitative estimate of drug-likeness (QED) is 0.647. The van der Waals surface area contributed by atoms with Crippen molar-refractivity contribution in [2.75, 3.05) is 7.11 Å². The smallest absolute Gasteiger partial charge is 0.358 e. The number of hydrogen-bond acceptors (Lipinski definition) is 5. The van der Waals surface area contributed by atoms with E-state index in [2.05, 4.69) is 9.72 Å². The van der Waals surface area contributed by atoms with E-state index in [1.165, 1.54) is 23.9 Å². The predicted octanol–water partition coefficient (Wildman–Crippen LogP) is 1.29. The summed E-state index contributed by atoms with van der Waals surface area (Å²) in [5.74, 6) is -0.595. The summed E-state index contributed by atoms with van der Waals surface area (Å²) < 4.78 is 7.63. The molecule has 7 nitrogen and oxygen atoms in total. The monoisotopic (exact) mass is 351 g/mol. The molecular formula is C19H17N3O4. The Bertz CT molecular complexity index is 1040. The number of ether oxygens (including phenoxy) is 1. The first-order valence-electron chi connectivity index (χ1n) is 7.95. The Labute approximate surface area is 149 Å². The highest BCUT2D eigenvalue weighted by Gasteiger charge is 2.09. The lowest BCUT2D eigenvalue weighted by Crippen LogP contribution is -2.22. The number of carbonyl (C=O) groups is 1. The molecule has 0 spiro atoms. The van der Waals surface area contributed by atoms with Crippen molar-refractivity contribution in [1.29, 1.82) is 0 Å². The molecule has 7 heteroatoms. The topological polar surface area (TPSA) is 83.2 Å². The summed E-state index contributed by atoms with van der Waals surface area (Å²) in [6.45, 7) is 0.776. The van der Waals surface area contributed by atoms with Crippen LogP contribution < -0.4 is 11.1 Å². The number of aromatic nitrogens is 3. The lowest BCUT2D eigenvalue weighted by molar-refractivity contribution is 0.0592. The molecule has 0 amide bonds. The molecule has 2 heterocycles. The van der Waals surface area contributed by atoms with Gasteiger partial charge in [0.15, 0.2) is 5.69 Å². The van der Waals surface area contributed by atoms with Crippen LogP contribution in [0.2, 0.25) is 0 Å². The van der Waals surface area contributed by atoms with Crippen LogP contribution in [0.1, 0.15) is 21.6 Å². The highest BCUT2D eigenvalue weighted by molar-refractivity contribution is 5.86. The average molecular weight is 351 g/mol. The fraction of sp³-hybridized carbons (Fsp3) is 0.158. The highest BCUT2D eigenvalue weighted by atomic mass is 16.5. The molecule has 132 valence electrons. The minimum atomic E-state index is -0.595. The number of carbonyl (C=O) groups excluding carboxylic acids is 1. The molecule has 0 aliphatic rings. The Balaban J connectivity index is 1.78. The van der Waals surface area contributed by atoms with Gasteiger partial charge in [0.2, 0.25) is 0 Å². The Hall–Kier alpha value is -3.48. The third-order valence-electron chi connectivity index (χ3n) is 3.90. The molecule has 0 aliphatic heterocycles. The zero-order chi connectivity index (χ0) is 18.5. The highest BCUT2D eigenvalue weighted by Crippen LogP contribution is 2.07. The van der Waals surface area contributed by atoms with Crippen molar-refractivity contribution in [3.05, 3.63) is 98.6 Å². The van der Waals surface area contributed by atoms with Crippen LogP contribution >= 0.6 is 0 Å². The van der Waals surface area contributed by atoms with Crippen molar-refractivity contribution in [3.63, 3.8) is 0 Å². The maximum Gasteiger partial charge on any atom is 0.358 e. The molecule has 0 N–H and O–H groups in total. The number of methoxy groups -OCH3 is 1. The van der Waals surface area contributed by atoms with E-state index in [9.17, 15) is 14.4 Å². The van der Waals surface area contributed by atoms with Gasteiger partial charge in [-0.05, 0) is 17.2 Å². The summed E-state index contributed by atoms with van der Waals surface area (Å²) in [4.78, 5) is 39.0. The molecular weight excluding hydrogens is 334 g/mol. The van der Waals surface area contributed by atoms with Crippen molar-refractivity contribution in [2.45, 2.75) is 13.1 Å². The van der Waals surface area contributed by atoms with Gasteiger partial charge in [-0.2, -0.15) is 0 Å². The summed E-state index contributed by atoms with van der Waals surface area (Å²) in [5.41, 5.74) is 1.57. The van der Waals surface area contributed by atoms with Gasteiger partial charge in [0.1, 0.15) is 0 Å². The lowest BCUT2D eigenvalue weighted by Gasteiger charge is -2.09. The third kappa shape index (κ3) is 3.94. The minimum absolute atomic E-state index is 0.0600. The van der Waals surface area contributed by atoms with Crippen LogP contribution in [0.3, 0.4) is 0 Å². The van der Waals surface area contributed by atoms with Gasteiger partial charge in [0.05, 0.1) is 26.4 Å². The van der Waals surface area contributed by atoms with Gasteiger partial charge in [-0.15, -0.1) is 0 Å². The molecule has 0 aliphatic carbocycles. The van der Waals surface area contributed by atoms with Crippen LogP contribution in [0.15, 0.2) is 70.6 Å². The molecule has 2 aromatic heterocycles. The second-order valence-electron chi connectivity index (χ2n) is 5.71. The molecule has 0 atom stereocenters. The van der Waals surface area contributed by atoms with E-state index in [-0.39, 0.29) is 16.8 Å². The molecule has 0 fully saturated rings. The second-order valence-corrected chi connectivity index (χ2v) is 5.71. The van der Waals surface area contributed by atoms with E-state index in [0.717, 1.165) is 17.3 Å². The normalized spacial score (nSPS) is 10.5. The Morgan fingerprint density at radius 3 is 2.23 bits per heavy atom. The maximum atomic E-state index is 11.9. The van der Waals surface area contributed by atoms with Gasteiger partial charge in [0.25, 0.3) is 11.1 Å². The van der Waals surface area contributed by atoms with Gasteiger partial charge in [-0.1, -0.05) is 30.3 Å². The molecule has 3 aromatic rings. The summed E-state index contributed by atoms with van der Waals surface area (Å²) in [5, 5.41) is 0. The fourth-order valence-corrected chi connectivity index (χ4v) is 2.51. The lowest BCUT2D eigenvalue weighted by atomic mass is 10.1. The van der Waals surface area contributed by atoms with Crippen molar-refractivity contribution in [1.82, 2.24) is 14.1 Å². The van der Waals surface area contributed by atoms with E-state index in [1.54, 1.807) is 16.8 Å². The number of nitrogens with zero attached hydrogens (tertiary/aromatic N) is 3. The zero-order valence-corrected chi connectivity index (χ0v) is 14.2. The van der Waals surface area contributed by atoms with Gasteiger partial charge >= 0.3 is 5.97 Å². The molecule has 0 saturated heterocycles. The van der Waals surface area contributed by atoms with Crippen LogP contribution in [0, 0.1) is 0 Å². The van der Waals surface area contributed by atoms with Crippen LogP contribution in [0.5, 0.6) is 0 Å². The summed E-state index contributed by atoms with van der Waals surface area (Å²) >= 11 is 0. The van der Waals surface area contributed by atoms with E-state index < -0.39 is 5.97 Å². The second kappa shape index (κ2) is 7.60. The Morgan fingerprint density at radius 2 is 1.62 bits per heavy atom. The zero-order valence-electron chi connectivity index (χ0n) is 14.2. The molecule has 0 saturated carbocycles. The maximum absolute atomic E-state index is 11.9. The van der Waals surface area contributed by atoms with Gasteiger partial charge in [0, 0.05) is 18.5 Å². The number of benzene rings is 1. The van der Waals surface area contributed by atoms with Crippen molar-refractivity contribution < 1.29 is 9.53 Å². The summed E-state index contributed by atoms with van der Waals surface area (Å²) in [7, 11) is 1.26. The number of pyridine rings is 1. The van der Waals surface area contributed by atoms with E-state index in [4.69, 9.17) is 0 Å². The summed E-state index contributed by atoms with van der Waals surface area (Å²) in [6, 6.07) is 12.6. The molecule has 1 aromatic carbocycles. The largest absolute Gasteiger partial charge is 0.464 e. The van der Waals surface area contributed by atoms with E-state index in [1.807, 2.05) is 30.3 Å². The van der Waals surface area contributed by atoms with Gasteiger partial charge in [-0.25, -0.2) is 9.78 Å². The number of esters is 1. The standard InChI is InChI=1S/C19H17N3O4/c1-26-19(25)16-13-22(18(24)10-20-16)12-15-7-5-14(6-8-15)11-21-9-3-2-4-17(21)23/h2-10,13H,11-12H2,1H3. The molecule has 3 rings (SSSR count). The summed E-state index contributed by atoms with van der Waals surface area (Å²) in [6.07, 6.45) is 4.22. The van der Waals surface area contributed by atoms with Crippen molar-refractivity contribution in [2.24, 2.45) is 0 Å². The van der Waals surface area contributed by atoms with Crippen LogP contribution in [0.25, 0.3) is 0 Å². The SMILES string of the molecule is COC(=O)c1cn(Cc2ccc(Cn3ccccc3=O)cc2)c(=O)cn1. The first-order chi connectivity index (χ1) is 12.6. The molecule has 0 radical (unpaired) electrons. The first-order valence-corrected chi connectivity index (χ1v) is 7.95. The molecule has 0 bridgehead atoms. The van der Waals surface area contributed by atoms with Crippen LogP contribution in [0.4, 0.5) is 0 Å². The predicted molar refractivity (Wildman–Crippen MR) is 95.2 cm³/mol. The molecule has 26 heavy (non-hydrogen) atoms. The van der Waals surface area contributed by atoms with Crippen molar-refractivity contribution in [3.8, 4) is 0 Å². The Morgan fingerprint density at radius 1 is 0.962 bits per heavy atom. The van der Waals surface area contributed by atoms with Crippen LogP contribution in [-0.2, 0) is 17.8 Å².